The first kappa shape index (κ1) is 4.60. The number of rotatable bonds is 0. The molecule has 1 saturated carbocycles. The van der Waals surface area contributed by atoms with E-state index in [2.05, 4.69) is 12.2 Å². The summed E-state index contributed by atoms with van der Waals surface area (Å²) in [5.41, 5.74) is 0. The van der Waals surface area contributed by atoms with Crippen LogP contribution in [-0.2, 0) is 0 Å². The molecule has 0 radical (unpaired) electrons. The molecule has 0 aliphatic heterocycles. The molecule has 0 heteroatoms. The first-order valence-electron chi connectivity index (χ1n) is 3.63. The second-order valence-electron chi connectivity index (χ2n) is 3.07. The molecule has 0 N–H and O–H groups in total. The van der Waals surface area contributed by atoms with E-state index in [4.69, 9.17) is 0 Å². The summed E-state index contributed by atoms with van der Waals surface area (Å²) >= 11 is 0. The van der Waals surface area contributed by atoms with Gasteiger partial charge in [-0.2, -0.15) is 0 Å². The van der Waals surface area contributed by atoms with E-state index >= 15 is 0 Å². The normalized spacial score (nSPS) is 43.0. The summed E-state index contributed by atoms with van der Waals surface area (Å²) in [5.74, 6) is 1.96. The van der Waals surface area contributed by atoms with Gasteiger partial charge in [0.15, 0.2) is 0 Å². The molecule has 1 fully saturated rings. The second kappa shape index (κ2) is 1.61. The zero-order chi connectivity index (χ0) is 5.40. The largest absolute Gasteiger partial charge is 0.0851 e. The predicted octanol–water partition coefficient (Wildman–Crippen LogP) is 2.36. The maximum absolute atomic E-state index is 2.41. The fraction of sp³-hybridized carbons (Fsp3) is 0.750. The van der Waals surface area contributed by atoms with Crippen molar-refractivity contribution in [1.29, 1.82) is 0 Å². The van der Waals surface area contributed by atoms with Crippen LogP contribution in [0.25, 0.3) is 0 Å². The zero-order valence-corrected chi connectivity index (χ0v) is 5.14. The lowest BCUT2D eigenvalue weighted by molar-refractivity contribution is 0.383. The molecule has 8 heavy (non-hydrogen) atoms. The molecule has 2 aliphatic carbocycles. The summed E-state index contributed by atoms with van der Waals surface area (Å²) in [5, 5.41) is 0. The Bertz CT molecular complexity index is 101. The van der Waals surface area contributed by atoms with Crippen LogP contribution in [0.15, 0.2) is 12.2 Å². The third-order valence-electron chi connectivity index (χ3n) is 2.41. The Hall–Kier alpha value is -0.260. The van der Waals surface area contributed by atoms with Crippen molar-refractivity contribution in [2.75, 3.05) is 0 Å². The molecule has 2 bridgehead atoms. The highest BCUT2D eigenvalue weighted by atomic mass is 14.3. The van der Waals surface area contributed by atoms with Crippen LogP contribution >= 0.6 is 0 Å². The summed E-state index contributed by atoms with van der Waals surface area (Å²) in [7, 11) is 0. The van der Waals surface area contributed by atoms with Crippen molar-refractivity contribution in [3.05, 3.63) is 12.2 Å². The first-order valence-corrected chi connectivity index (χ1v) is 3.63. The molecular weight excluding hydrogens is 96.1 g/mol. The number of hydrogen-bond acceptors (Lipinski definition) is 0. The Labute approximate surface area is 50.6 Å². The lowest BCUT2D eigenvalue weighted by Gasteiger charge is -2.17. The van der Waals surface area contributed by atoms with Crippen LogP contribution in [0, 0.1) is 11.8 Å². The molecule has 0 heterocycles. The van der Waals surface area contributed by atoms with Gasteiger partial charge in [0.2, 0.25) is 0 Å². The Morgan fingerprint density at radius 2 is 1.62 bits per heavy atom. The lowest BCUT2D eigenvalue weighted by atomic mass is 9.88. The van der Waals surface area contributed by atoms with E-state index in [0.29, 0.717) is 0 Å². The predicted molar refractivity (Wildman–Crippen MR) is 34.6 cm³/mol. The molecule has 0 saturated heterocycles. The minimum atomic E-state index is 0.980. The Morgan fingerprint density at radius 1 is 1.00 bits per heavy atom. The summed E-state index contributed by atoms with van der Waals surface area (Å²) in [6, 6.07) is 0. The molecule has 0 unspecified atom stereocenters. The van der Waals surface area contributed by atoms with Crippen LogP contribution in [0.2, 0.25) is 0 Å². The number of hydrogen-bond donors (Lipinski definition) is 0. The van der Waals surface area contributed by atoms with Gasteiger partial charge in [0.25, 0.3) is 0 Å². The van der Waals surface area contributed by atoms with Crippen LogP contribution < -0.4 is 0 Å². The van der Waals surface area contributed by atoms with Crippen LogP contribution in [0.1, 0.15) is 25.7 Å². The first-order chi connectivity index (χ1) is 3.95. The molecule has 0 amide bonds. The van der Waals surface area contributed by atoms with Gasteiger partial charge in [0, 0.05) is 0 Å². The fourth-order valence-corrected chi connectivity index (χ4v) is 1.93. The maximum atomic E-state index is 2.41. The maximum Gasteiger partial charge on any atom is -0.0228 e. The van der Waals surface area contributed by atoms with Gasteiger partial charge in [-0.05, 0) is 31.1 Å². The topological polar surface area (TPSA) is 0 Å². The SMILES string of the molecule is C1=C[C@H]2CCC[C@@H]1C2. The van der Waals surface area contributed by atoms with Gasteiger partial charge in [0.05, 0.1) is 0 Å². The molecule has 0 aromatic carbocycles. The molecule has 0 aromatic heterocycles. The van der Waals surface area contributed by atoms with Gasteiger partial charge in [-0.1, -0.05) is 18.6 Å². The monoisotopic (exact) mass is 108 g/mol. The van der Waals surface area contributed by atoms with E-state index in [1.807, 2.05) is 0 Å². The Morgan fingerprint density at radius 3 is 2.12 bits per heavy atom. The fourth-order valence-electron chi connectivity index (χ4n) is 1.93. The average Bonchev–Trinajstić information content (AvgIpc) is 2.12. The summed E-state index contributed by atoms with van der Waals surface area (Å²) in [6.07, 6.45) is 10.7. The number of allylic oxidation sites excluding steroid dienone is 2. The lowest BCUT2D eigenvalue weighted by Crippen LogP contribution is -2.04. The highest BCUT2D eigenvalue weighted by Crippen LogP contribution is 2.35. The van der Waals surface area contributed by atoms with E-state index in [1.54, 1.807) is 0 Å². The van der Waals surface area contributed by atoms with Gasteiger partial charge in [-0.25, -0.2) is 0 Å². The van der Waals surface area contributed by atoms with Gasteiger partial charge < -0.3 is 0 Å². The van der Waals surface area contributed by atoms with Crippen LogP contribution in [-0.4, -0.2) is 0 Å². The molecule has 2 atom stereocenters. The highest BCUT2D eigenvalue weighted by molar-refractivity contribution is 5.04. The molecule has 44 valence electrons. The van der Waals surface area contributed by atoms with Crippen molar-refractivity contribution < 1.29 is 0 Å². The van der Waals surface area contributed by atoms with E-state index in [0.717, 1.165) is 11.8 Å². The molecular formula is C8H12. The third-order valence-corrected chi connectivity index (χ3v) is 2.41. The van der Waals surface area contributed by atoms with Crippen molar-refractivity contribution in [3.8, 4) is 0 Å². The molecule has 0 spiro atoms. The molecule has 0 aromatic rings. The van der Waals surface area contributed by atoms with Gasteiger partial charge in [0.1, 0.15) is 0 Å². The van der Waals surface area contributed by atoms with Crippen LogP contribution in [0.5, 0.6) is 0 Å². The number of fused-ring (bicyclic) bond motifs is 2. The van der Waals surface area contributed by atoms with E-state index in [-0.39, 0.29) is 0 Å². The smallest absolute Gasteiger partial charge is 0.0228 e. The summed E-state index contributed by atoms with van der Waals surface area (Å²) < 4.78 is 0. The second-order valence-corrected chi connectivity index (χ2v) is 3.07. The minimum Gasteiger partial charge on any atom is -0.0851 e. The minimum absolute atomic E-state index is 0.980. The van der Waals surface area contributed by atoms with Crippen molar-refractivity contribution in [1.82, 2.24) is 0 Å². The van der Waals surface area contributed by atoms with Crippen LogP contribution in [0.4, 0.5) is 0 Å². The van der Waals surface area contributed by atoms with Crippen molar-refractivity contribution in [3.63, 3.8) is 0 Å². The van der Waals surface area contributed by atoms with E-state index in [9.17, 15) is 0 Å². The molecule has 0 nitrogen and oxygen atoms in total. The Balaban J connectivity index is 2.13. The van der Waals surface area contributed by atoms with Crippen molar-refractivity contribution >= 4 is 0 Å². The van der Waals surface area contributed by atoms with E-state index < -0.39 is 0 Å². The highest BCUT2D eigenvalue weighted by Gasteiger charge is 2.22. The third kappa shape index (κ3) is 0.594. The van der Waals surface area contributed by atoms with Gasteiger partial charge in [-0.15, -0.1) is 0 Å². The van der Waals surface area contributed by atoms with Crippen molar-refractivity contribution in [2.24, 2.45) is 11.8 Å². The van der Waals surface area contributed by atoms with Gasteiger partial charge >= 0.3 is 0 Å². The molecule has 2 aliphatic rings. The standard InChI is InChI=1S/C8H12/c1-2-7-4-5-8(3-1)6-7/h4-5,7-8H,1-3,6H2/t7-,8+. The quantitative estimate of drug-likeness (QED) is 0.418. The summed E-state index contributed by atoms with van der Waals surface area (Å²) in [4.78, 5) is 0. The zero-order valence-electron chi connectivity index (χ0n) is 5.14. The molecule has 2 rings (SSSR count). The van der Waals surface area contributed by atoms with Gasteiger partial charge in [-0.3, -0.25) is 0 Å². The Kier molecular flexibility index (Phi) is 0.927. The average molecular weight is 108 g/mol. The summed E-state index contributed by atoms with van der Waals surface area (Å²) in [6.45, 7) is 0. The van der Waals surface area contributed by atoms with E-state index in [1.165, 1.54) is 25.7 Å². The van der Waals surface area contributed by atoms with Crippen molar-refractivity contribution in [2.45, 2.75) is 25.7 Å². The van der Waals surface area contributed by atoms with Crippen LogP contribution in [0.3, 0.4) is 0 Å².